The van der Waals surface area contributed by atoms with Crippen LogP contribution in [0.3, 0.4) is 0 Å². The fourth-order valence-electron chi connectivity index (χ4n) is 2.10. The first-order chi connectivity index (χ1) is 7.25. The van der Waals surface area contributed by atoms with Gasteiger partial charge in [-0.2, -0.15) is 0 Å². The van der Waals surface area contributed by atoms with Gasteiger partial charge in [0.25, 0.3) is 0 Å². The van der Waals surface area contributed by atoms with E-state index in [-0.39, 0.29) is 18.3 Å². The average molecular weight is 248 g/mol. The van der Waals surface area contributed by atoms with Crippen molar-refractivity contribution in [2.24, 2.45) is 0 Å². The van der Waals surface area contributed by atoms with Crippen LogP contribution in [0, 0.1) is 0 Å². The predicted molar refractivity (Wildman–Crippen MR) is 66.9 cm³/mol. The molecule has 16 heavy (non-hydrogen) atoms. The lowest BCUT2D eigenvalue weighted by Gasteiger charge is -2.31. The van der Waals surface area contributed by atoms with Gasteiger partial charge >= 0.3 is 0 Å². The monoisotopic (exact) mass is 247 g/mol. The first kappa shape index (κ1) is 13.7. The largest absolute Gasteiger partial charge is 0.352 e. The van der Waals surface area contributed by atoms with Crippen LogP contribution in [0.2, 0.25) is 0 Å². The molecule has 1 heterocycles. The summed E-state index contributed by atoms with van der Waals surface area (Å²) in [6, 6.07) is 1.06. The van der Waals surface area contributed by atoms with Crippen LogP contribution in [-0.4, -0.2) is 49.6 Å². The highest BCUT2D eigenvalue weighted by atomic mass is 35.5. The summed E-state index contributed by atoms with van der Waals surface area (Å²) in [5.41, 5.74) is 0. The molecule has 0 unspecified atom stereocenters. The Bertz CT molecular complexity index is 227. The van der Waals surface area contributed by atoms with Crippen molar-refractivity contribution in [2.45, 2.75) is 37.8 Å². The van der Waals surface area contributed by atoms with Gasteiger partial charge in [-0.3, -0.25) is 9.69 Å². The van der Waals surface area contributed by atoms with Gasteiger partial charge in [-0.05, 0) is 45.8 Å². The summed E-state index contributed by atoms with van der Waals surface area (Å²) >= 11 is 0. The molecule has 1 saturated heterocycles. The molecule has 0 aromatic carbocycles. The predicted octanol–water partition coefficient (Wildman–Crippen LogP) is 0.371. The molecule has 2 aliphatic rings. The van der Waals surface area contributed by atoms with Crippen LogP contribution in [0.4, 0.5) is 0 Å². The van der Waals surface area contributed by atoms with Crippen LogP contribution < -0.4 is 10.6 Å². The van der Waals surface area contributed by atoms with Crippen molar-refractivity contribution in [3.05, 3.63) is 0 Å². The van der Waals surface area contributed by atoms with E-state index in [1.165, 1.54) is 12.8 Å². The molecule has 0 radical (unpaired) electrons. The maximum absolute atomic E-state index is 11.6. The van der Waals surface area contributed by atoms with E-state index in [1.807, 2.05) is 0 Å². The molecule has 0 spiro atoms. The van der Waals surface area contributed by atoms with Crippen molar-refractivity contribution in [1.82, 2.24) is 15.5 Å². The Hall–Kier alpha value is -0.320. The summed E-state index contributed by atoms with van der Waals surface area (Å²) in [5.74, 6) is 0.193. The molecule has 0 aromatic heterocycles. The topological polar surface area (TPSA) is 44.4 Å². The summed E-state index contributed by atoms with van der Waals surface area (Å²) in [6.07, 6.45) is 4.66. The number of amides is 1. The van der Waals surface area contributed by atoms with Crippen LogP contribution in [0.15, 0.2) is 0 Å². The quantitative estimate of drug-likeness (QED) is 0.755. The molecule has 0 atom stereocenters. The molecule has 1 aliphatic carbocycles. The van der Waals surface area contributed by atoms with Crippen LogP contribution >= 0.6 is 12.4 Å². The lowest BCUT2D eigenvalue weighted by atomic mass is 10.1. The molecule has 1 saturated carbocycles. The van der Waals surface area contributed by atoms with Crippen molar-refractivity contribution in [2.75, 3.05) is 26.7 Å². The van der Waals surface area contributed by atoms with Crippen LogP contribution in [0.1, 0.15) is 25.7 Å². The van der Waals surface area contributed by atoms with E-state index in [2.05, 4.69) is 22.6 Å². The maximum atomic E-state index is 11.6. The Balaban J connectivity index is 0.00000128. The minimum Gasteiger partial charge on any atom is -0.352 e. The van der Waals surface area contributed by atoms with E-state index in [0.29, 0.717) is 18.6 Å². The van der Waals surface area contributed by atoms with E-state index in [0.717, 1.165) is 25.9 Å². The SMILES string of the molecule is CN(CC(=O)NC1CC1)C1CCNCC1.Cl. The van der Waals surface area contributed by atoms with Crippen LogP contribution in [0.5, 0.6) is 0 Å². The molecule has 2 fully saturated rings. The zero-order valence-corrected chi connectivity index (χ0v) is 10.7. The number of nitrogens with zero attached hydrogens (tertiary/aromatic N) is 1. The smallest absolute Gasteiger partial charge is 0.234 e. The van der Waals surface area contributed by atoms with Gasteiger partial charge in [-0.25, -0.2) is 0 Å². The standard InChI is InChI=1S/C11H21N3O.ClH/c1-14(10-4-6-12-7-5-10)8-11(15)13-9-2-3-9;/h9-10,12H,2-8H2,1H3,(H,13,15);1H. The lowest BCUT2D eigenvalue weighted by molar-refractivity contribution is -0.122. The minimum absolute atomic E-state index is 0. The van der Waals surface area contributed by atoms with Crippen molar-refractivity contribution in [3.8, 4) is 0 Å². The molecule has 1 aliphatic heterocycles. The third-order valence-electron chi connectivity index (χ3n) is 3.27. The summed E-state index contributed by atoms with van der Waals surface area (Å²) in [4.78, 5) is 13.8. The van der Waals surface area contributed by atoms with E-state index < -0.39 is 0 Å². The normalized spacial score (nSPS) is 21.6. The number of hydrogen-bond acceptors (Lipinski definition) is 3. The van der Waals surface area contributed by atoms with Crippen LogP contribution in [-0.2, 0) is 4.79 Å². The molecule has 5 heteroatoms. The Morgan fingerprint density at radius 1 is 1.31 bits per heavy atom. The summed E-state index contributed by atoms with van der Waals surface area (Å²) in [5, 5.41) is 6.37. The van der Waals surface area contributed by atoms with Gasteiger partial charge in [-0.15, -0.1) is 12.4 Å². The minimum atomic E-state index is 0. The Labute approximate surface area is 104 Å². The molecule has 0 bridgehead atoms. The summed E-state index contributed by atoms with van der Waals surface area (Å²) < 4.78 is 0. The molecule has 4 nitrogen and oxygen atoms in total. The van der Waals surface area contributed by atoms with Gasteiger partial charge in [-0.1, -0.05) is 0 Å². The summed E-state index contributed by atoms with van der Waals surface area (Å²) in [7, 11) is 2.06. The number of rotatable bonds is 4. The third-order valence-corrected chi connectivity index (χ3v) is 3.27. The second-order valence-corrected chi connectivity index (χ2v) is 4.74. The number of nitrogens with one attached hydrogen (secondary N) is 2. The molecule has 94 valence electrons. The highest BCUT2D eigenvalue weighted by Crippen LogP contribution is 2.18. The number of likely N-dealkylation sites (N-methyl/N-ethyl adjacent to an activating group) is 1. The van der Waals surface area contributed by atoms with Crippen molar-refractivity contribution < 1.29 is 4.79 Å². The van der Waals surface area contributed by atoms with Crippen molar-refractivity contribution in [1.29, 1.82) is 0 Å². The highest BCUT2D eigenvalue weighted by molar-refractivity contribution is 5.85. The van der Waals surface area contributed by atoms with Gasteiger partial charge in [0.1, 0.15) is 0 Å². The first-order valence-electron chi connectivity index (χ1n) is 5.96. The van der Waals surface area contributed by atoms with Crippen molar-refractivity contribution >= 4 is 18.3 Å². The molecular weight excluding hydrogens is 226 g/mol. The van der Waals surface area contributed by atoms with E-state index >= 15 is 0 Å². The molecule has 1 amide bonds. The van der Waals surface area contributed by atoms with Gasteiger partial charge in [0.15, 0.2) is 0 Å². The summed E-state index contributed by atoms with van der Waals surface area (Å²) in [6.45, 7) is 2.72. The van der Waals surface area contributed by atoms with Crippen LogP contribution in [0.25, 0.3) is 0 Å². The second-order valence-electron chi connectivity index (χ2n) is 4.74. The van der Waals surface area contributed by atoms with E-state index in [4.69, 9.17) is 0 Å². The zero-order chi connectivity index (χ0) is 10.7. The second kappa shape index (κ2) is 6.42. The molecular formula is C11H22ClN3O. The Morgan fingerprint density at radius 2 is 1.94 bits per heavy atom. The molecule has 0 aromatic rings. The van der Waals surface area contributed by atoms with Gasteiger partial charge in [0.2, 0.25) is 5.91 Å². The van der Waals surface area contributed by atoms with Crippen molar-refractivity contribution in [3.63, 3.8) is 0 Å². The fraction of sp³-hybridized carbons (Fsp3) is 0.909. The fourth-order valence-corrected chi connectivity index (χ4v) is 2.10. The zero-order valence-electron chi connectivity index (χ0n) is 9.87. The number of piperidine rings is 1. The first-order valence-corrected chi connectivity index (χ1v) is 5.96. The van der Waals surface area contributed by atoms with Gasteiger partial charge in [0, 0.05) is 12.1 Å². The molecule has 2 N–H and O–H groups in total. The number of carbonyl (C=O) groups excluding carboxylic acids is 1. The average Bonchev–Trinajstić information content (AvgIpc) is 3.03. The number of carbonyl (C=O) groups is 1. The van der Waals surface area contributed by atoms with E-state index in [1.54, 1.807) is 0 Å². The van der Waals surface area contributed by atoms with E-state index in [9.17, 15) is 4.79 Å². The maximum Gasteiger partial charge on any atom is 0.234 e. The number of hydrogen-bond donors (Lipinski definition) is 2. The lowest BCUT2D eigenvalue weighted by Crippen LogP contribution is -2.45. The van der Waals surface area contributed by atoms with Gasteiger partial charge in [0.05, 0.1) is 6.54 Å². The van der Waals surface area contributed by atoms with Gasteiger partial charge < -0.3 is 10.6 Å². The third kappa shape index (κ3) is 4.28. The Kier molecular flexibility index (Phi) is 5.52. The molecule has 2 rings (SSSR count). The Morgan fingerprint density at radius 3 is 2.50 bits per heavy atom. The number of halogens is 1. The highest BCUT2D eigenvalue weighted by Gasteiger charge is 2.25.